The van der Waals surface area contributed by atoms with E-state index in [1.165, 1.54) is 25.3 Å². The minimum Gasteiger partial charge on any atom is -0.378 e. The lowest BCUT2D eigenvalue weighted by Crippen LogP contribution is -2.02. The molecule has 0 saturated heterocycles. The van der Waals surface area contributed by atoms with Crippen molar-refractivity contribution >= 4 is 29.5 Å². The Morgan fingerprint density at radius 2 is 2.21 bits per heavy atom. The van der Waals surface area contributed by atoms with Gasteiger partial charge in [-0.25, -0.2) is 9.07 Å². The summed E-state index contributed by atoms with van der Waals surface area (Å²) in [6, 6.07) is 4.21. The zero-order chi connectivity index (χ0) is 14.0. The first-order valence-corrected chi connectivity index (χ1v) is 6.01. The number of aromatic nitrogens is 2. The third kappa shape index (κ3) is 2.49. The van der Waals surface area contributed by atoms with Crippen molar-refractivity contribution in [2.45, 2.75) is 6.61 Å². The average Bonchev–Trinajstić information content (AvgIpc) is 2.66. The van der Waals surface area contributed by atoms with Crippen LogP contribution in [-0.2, 0) is 11.3 Å². The summed E-state index contributed by atoms with van der Waals surface area (Å²) in [6.45, 7) is 0.0901. The zero-order valence-electron chi connectivity index (χ0n) is 9.86. The molecular weight excluding hydrogens is 294 g/mol. The highest BCUT2D eigenvalue weighted by Gasteiger charge is 2.20. The molecule has 0 aliphatic heterocycles. The Labute approximate surface area is 118 Å². The van der Waals surface area contributed by atoms with Crippen LogP contribution in [0.3, 0.4) is 0 Å². The molecule has 0 bridgehead atoms. The monoisotopic (exact) mass is 302 g/mol. The van der Waals surface area contributed by atoms with Gasteiger partial charge in [0, 0.05) is 7.11 Å². The molecule has 4 nitrogen and oxygen atoms in total. The molecule has 2 rings (SSSR count). The van der Waals surface area contributed by atoms with Crippen molar-refractivity contribution in [3.63, 3.8) is 0 Å². The van der Waals surface area contributed by atoms with Gasteiger partial charge in [0.1, 0.15) is 22.4 Å². The number of methoxy groups -OCH3 is 1. The topological polar surface area (TPSA) is 44.1 Å². The molecule has 19 heavy (non-hydrogen) atoms. The Kier molecular flexibility index (Phi) is 4.19. The highest BCUT2D eigenvalue weighted by atomic mass is 35.5. The van der Waals surface area contributed by atoms with E-state index in [2.05, 4.69) is 5.10 Å². The molecule has 0 amide bonds. The van der Waals surface area contributed by atoms with Gasteiger partial charge in [0.15, 0.2) is 6.29 Å². The number of hydrogen-bond acceptors (Lipinski definition) is 3. The summed E-state index contributed by atoms with van der Waals surface area (Å²) >= 11 is 12.0. The molecule has 0 N–H and O–H groups in total. The number of carbonyl (C=O) groups excluding carboxylic acids is 1. The third-order valence-electron chi connectivity index (χ3n) is 2.49. The Hall–Kier alpha value is -1.43. The van der Waals surface area contributed by atoms with Crippen LogP contribution in [0, 0.1) is 5.82 Å². The molecule has 0 radical (unpaired) electrons. The van der Waals surface area contributed by atoms with Gasteiger partial charge in [0.2, 0.25) is 0 Å². The quantitative estimate of drug-likeness (QED) is 0.814. The number of rotatable bonds is 4. The second-order valence-electron chi connectivity index (χ2n) is 3.68. The smallest absolute Gasteiger partial charge is 0.155 e. The van der Waals surface area contributed by atoms with Crippen molar-refractivity contribution < 1.29 is 13.9 Å². The number of benzene rings is 1. The molecule has 0 atom stereocenters. The molecule has 0 unspecified atom stereocenters. The van der Waals surface area contributed by atoms with Gasteiger partial charge in [0.05, 0.1) is 17.2 Å². The molecule has 0 saturated carbocycles. The second kappa shape index (κ2) is 5.69. The van der Waals surface area contributed by atoms with Crippen molar-refractivity contribution in [2.24, 2.45) is 0 Å². The maximum atomic E-state index is 13.8. The number of nitrogens with zero attached hydrogens (tertiary/aromatic N) is 2. The van der Waals surface area contributed by atoms with Crippen LogP contribution in [0.1, 0.15) is 16.1 Å². The van der Waals surface area contributed by atoms with Gasteiger partial charge in [-0.2, -0.15) is 5.10 Å². The van der Waals surface area contributed by atoms with E-state index in [9.17, 15) is 9.18 Å². The number of para-hydroxylation sites is 1. The fourth-order valence-corrected chi connectivity index (χ4v) is 2.17. The predicted octanol–water partition coefficient (Wildman–Crippen LogP) is 3.28. The molecule has 1 aromatic carbocycles. The Bertz CT molecular complexity index is 608. The van der Waals surface area contributed by atoms with Crippen molar-refractivity contribution in [1.29, 1.82) is 0 Å². The maximum Gasteiger partial charge on any atom is 0.155 e. The molecular formula is C12H9Cl2FN2O2. The summed E-state index contributed by atoms with van der Waals surface area (Å²) < 4.78 is 19.8. The summed E-state index contributed by atoms with van der Waals surface area (Å²) in [5.41, 5.74) is 0.476. The van der Waals surface area contributed by atoms with Crippen LogP contribution >= 0.6 is 23.2 Å². The lowest BCUT2D eigenvalue weighted by molar-refractivity contribution is 0.111. The standard InChI is InChI=1S/C12H9Cl2FN2O2/c1-19-6-10-7(5-18)12(14)17(16-10)11-8(13)3-2-4-9(11)15/h2-5H,6H2,1H3. The summed E-state index contributed by atoms with van der Waals surface area (Å²) in [5, 5.41) is 4.21. The number of ether oxygens (including phenoxy) is 1. The van der Waals surface area contributed by atoms with Crippen LogP contribution in [0.15, 0.2) is 18.2 Å². The van der Waals surface area contributed by atoms with Crippen LogP contribution in [0.5, 0.6) is 0 Å². The van der Waals surface area contributed by atoms with Crippen molar-refractivity contribution in [2.75, 3.05) is 7.11 Å². The molecule has 1 aromatic heterocycles. The van der Waals surface area contributed by atoms with E-state index in [1.807, 2.05) is 0 Å². The largest absolute Gasteiger partial charge is 0.378 e. The summed E-state index contributed by atoms with van der Waals surface area (Å²) in [6.07, 6.45) is 0.551. The summed E-state index contributed by atoms with van der Waals surface area (Å²) in [4.78, 5) is 11.0. The van der Waals surface area contributed by atoms with Gasteiger partial charge in [-0.15, -0.1) is 0 Å². The van der Waals surface area contributed by atoms with E-state index < -0.39 is 5.82 Å². The van der Waals surface area contributed by atoms with Crippen LogP contribution in [0.25, 0.3) is 5.69 Å². The second-order valence-corrected chi connectivity index (χ2v) is 4.45. The van der Waals surface area contributed by atoms with E-state index in [1.54, 1.807) is 0 Å². The van der Waals surface area contributed by atoms with Gasteiger partial charge in [-0.3, -0.25) is 4.79 Å². The van der Waals surface area contributed by atoms with Gasteiger partial charge in [-0.05, 0) is 12.1 Å². The molecule has 7 heteroatoms. The van der Waals surface area contributed by atoms with Gasteiger partial charge in [0.25, 0.3) is 0 Å². The Morgan fingerprint density at radius 1 is 1.47 bits per heavy atom. The number of hydrogen-bond donors (Lipinski definition) is 0. The van der Waals surface area contributed by atoms with Crippen LogP contribution in [0.2, 0.25) is 10.2 Å². The Balaban J connectivity index is 2.66. The van der Waals surface area contributed by atoms with Gasteiger partial charge < -0.3 is 4.74 Å². The van der Waals surface area contributed by atoms with Crippen molar-refractivity contribution in [1.82, 2.24) is 9.78 Å². The van der Waals surface area contributed by atoms with E-state index in [0.717, 1.165) is 4.68 Å². The third-order valence-corrected chi connectivity index (χ3v) is 3.16. The predicted molar refractivity (Wildman–Crippen MR) is 69.6 cm³/mol. The minimum absolute atomic E-state index is 0.000352. The first-order chi connectivity index (χ1) is 9.10. The number of carbonyl (C=O) groups is 1. The highest BCUT2D eigenvalue weighted by Crippen LogP contribution is 2.29. The van der Waals surface area contributed by atoms with Crippen LogP contribution in [-0.4, -0.2) is 23.2 Å². The van der Waals surface area contributed by atoms with Crippen LogP contribution < -0.4 is 0 Å². The first-order valence-electron chi connectivity index (χ1n) is 5.26. The van der Waals surface area contributed by atoms with E-state index >= 15 is 0 Å². The van der Waals surface area contributed by atoms with Crippen molar-refractivity contribution in [3.05, 3.63) is 45.4 Å². The molecule has 0 fully saturated rings. The van der Waals surface area contributed by atoms with Gasteiger partial charge >= 0.3 is 0 Å². The first kappa shape index (κ1) is 14.0. The lowest BCUT2D eigenvalue weighted by Gasteiger charge is -2.06. The molecule has 1 heterocycles. The van der Waals surface area contributed by atoms with E-state index in [4.69, 9.17) is 27.9 Å². The number of halogens is 3. The minimum atomic E-state index is -0.585. The summed E-state index contributed by atoms with van der Waals surface area (Å²) in [5.74, 6) is -0.585. The molecule has 0 spiro atoms. The maximum absolute atomic E-state index is 13.8. The SMILES string of the molecule is COCc1nn(-c2c(F)cccc2Cl)c(Cl)c1C=O. The lowest BCUT2D eigenvalue weighted by atomic mass is 10.3. The van der Waals surface area contributed by atoms with Crippen molar-refractivity contribution in [3.8, 4) is 5.69 Å². The molecule has 0 aliphatic rings. The van der Waals surface area contributed by atoms with E-state index in [-0.39, 0.29) is 28.0 Å². The fourth-order valence-electron chi connectivity index (χ4n) is 1.65. The normalized spacial score (nSPS) is 10.7. The highest BCUT2D eigenvalue weighted by molar-refractivity contribution is 6.34. The van der Waals surface area contributed by atoms with Crippen LogP contribution in [0.4, 0.5) is 4.39 Å². The van der Waals surface area contributed by atoms with Gasteiger partial charge in [-0.1, -0.05) is 29.3 Å². The molecule has 100 valence electrons. The molecule has 0 aliphatic carbocycles. The van der Waals surface area contributed by atoms with E-state index in [0.29, 0.717) is 12.0 Å². The molecule has 2 aromatic rings. The zero-order valence-corrected chi connectivity index (χ0v) is 11.4. The Morgan fingerprint density at radius 3 is 2.79 bits per heavy atom. The summed E-state index contributed by atoms with van der Waals surface area (Å²) in [7, 11) is 1.46. The number of aldehydes is 1. The average molecular weight is 303 g/mol. The fraction of sp³-hybridized carbons (Fsp3) is 0.167.